The van der Waals surface area contributed by atoms with Crippen LogP contribution in [0, 0.1) is 0 Å². The first-order chi connectivity index (χ1) is 8.28. The third kappa shape index (κ3) is 2.18. The fourth-order valence-corrected chi connectivity index (χ4v) is 2.56. The molecule has 3 rings (SSSR count). The molecule has 0 unspecified atom stereocenters. The quantitative estimate of drug-likeness (QED) is 0.866. The van der Waals surface area contributed by atoms with Gasteiger partial charge in [-0.1, -0.05) is 6.92 Å². The van der Waals surface area contributed by atoms with Gasteiger partial charge in [0.25, 0.3) is 0 Å². The molecule has 94 valence electrons. The van der Waals surface area contributed by atoms with E-state index in [4.69, 9.17) is 10.7 Å². The van der Waals surface area contributed by atoms with E-state index in [2.05, 4.69) is 22.6 Å². The van der Waals surface area contributed by atoms with Crippen molar-refractivity contribution in [2.24, 2.45) is 5.73 Å². The molecule has 2 aliphatic rings. The topological polar surface area (TPSA) is 47.1 Å². The van der Waals surface area contributed by atoms with Crippen molar-refractivity contribution in [1.29, 1.82) is 0 Å². The lowest BCUT2D eigenvalue weighted by atomic mass is 10.1. The highest BCUT2D eigenvalue weighted by atomic mass is 15.3. The van der Waals surface area contributed by atoms with E-state index in [-0.39, 0.29) is 0 Å². The normalized spacial score (nSPS) is 22.1. The lowest BCUT2D eigenvalue weighted by Gasteiger charge is -2.31. The molecule has 0 aromatic carbocycles. The van der Waals surface area contributed by atoms with Crippen LogP contribution in [-0.2, 0) is 6.42 Å². The molecule has 2 heterocycles. The summed E-state index contributed by atoms with van der Waals surface area (Å²) in [6.07, 6.45) is 8.11. The molecular weight excluding hydrogens is 212 g/mol. The summed E-state index contributed by atoms with van der Waals surface area (Å²) in [6, 6.07) is 1.11. The van der Waals surface area contributed by atoms with E-state index >= 15 is 0 Å². The summed E-state index contributed by atoms with van der Waals surface area (Å²) in [5.41, 5.74) is 7.19. The van der Waals surface area contributed by atoms with Gasteiger partial charge in [-0.05, 0) is 32.1 Å². The standard InChI is InChI=1S/C13H22N4/c1-2-11-9-17(12-3-4-12)13(15-11)16-7-5-10(14)6-8-16/h9-10,12H,2-8,14H2,1H3. The largest absolute Gasteiger partial charge is 0.342 e. The highest BCUT2D eigenvalue weighted by Crippen LogP contribution is 2.38. The zero-order valence-corrected chi connectivity index (χ0v) is 10.6. The minimum absolute atomic E-state index is 0.390. The maximum atomic E-state index is 5.96. The van der Waals surface area contributed by atoms with Gasteiger partial charge in [-0.2, -0.15) is 0 Å². The lowest BCUT2D eigenvalue weighted by molar-refractivity contribution is 0.489. The van der Waals surface area contributed by atoms with Gasteiger partial charge in [0.15, 0.2) is 0 Å². The van der Waals surface area contributed by atoms with Crippen LogP contribution in [0.5, 0.6) is 0 Å². The van der Waals surface area contributed by atoms with Crippen molar-refractivity contribution in [3.05, 3.63) is 11.9 Å². The van der Waals surface area contributed by atoms with E-state index in [1.807, 2.05) is 0 Å². The fourth-order valence-electron chi connectivity index (χ4n) is 2.56. The predicted molar refractivity (Wildman–Crippen MR) is 69.3 cm³/mol. The van der Waals surface area contributed by atoms with E-state index in [1.54, 1.807) is 0 Å². The van der Waals surface area contributed by atoms with Crippen molar-refractivity contribution >= 4 is 5.95 Å². The number of hydrogen-bond acceptors (Lipinski definition) is 3. The van der Waals surface area contributed by atoms with Gasteiger partial charge < -0.3 is 15.2 Å². The molecule has 4 nitrogen and oxygen atoms in total. The number of nitrogens with two attached hydrogens (primary N) is 1. The van der Waals surface area contributed by atoms with Crippen LogP contribution >= 0.6 is 0 Å². The molecule has 4 heteroatoms. The summed E-state index contributed by atoms with van der Waals surface area (Å²) < 4.78 is 2.40. The Morgan fingerprint density at radius 1 is 1.29 bits per heavy atom. The molecule has 1 aromatic heterocycles. The highest BCUT2D eigenvalue weighted by Gasteiger charge is 2.29. The Labute approximate surface area is 103 Å². The van der Waals surface area contributed by atoms with E-state index in [0.717, 1.165) is 32.4 Å². The van der Waals surface area contributed by atoms with Gasteiger partial charge in [0.05, 0.1) is 5.69 Å². The molecule has 1 saturated carbocycles. The zero-order valence-electron chi connectivity index (χ0n) is 10.6. The molecule has 0 amide bonds. The molecule has 1 aromatic rings. The first-order valence-electron chi connectivity index (χ1n) is 6.86. The molecule has 0 bridgehead atoms. The van der Waals surface area contributed by atoms with Gasteiger partial charge in [0, 0.05) is 31.4 Å². The van der Waals surface area contributed by atoms with Crippen molar-refractivity contribution < 1.29 is 0 Å². The molecular formula is C13H22N4. The monoisotopic (exact) mass is 234 g/mol. The van der Waals surface area contributed by atoms with Gasteiger partial charge in [0.2, 0.25) is 5.95 Å². The summed E-state index contributed by atoms with van der Waals surface area (Å²) in [4.78, 5) is 7.20. The Balaban J connectivity index is 1.82. The van der Waals surface area contributed by atoms with Gasteiger partial charge in [0.1, 0.15) is 0 Å². The van der Waals surface area contributed by atoms with Crippen LogP contribution in [0.25, 0.3) is 0 Å². The Bertz CT molecular complexity index is 386. The van der Waals surface area contributed by atoms with E-state index in [1.165, 1.54) is 24.5 Å². The van der Waals surface area contributed by atoms with E-state index in [9.17, 15) is 0 Å². The number of rotatable bonds is 3. The second kappa shape index (κ2) is 4.33. The Morgan fingerprint density at radius 3 is 2.59 bits per heavy atom. The molecule has 1 saturated heterocycles. The van der Waals surface area contributed by atoms with Crippen molar-refractivity contribution in [1.82, 2.24) is 9.55 Å². The summed E-state index contributed by atoms with van der Waals surface area (Å²) >= 11 is 0. The van der Waals surface area contributed by atoms with Crippen LogP contribution in [0.4, 0.5) is 5.95 Å². The average Bonchev–Trinajstić information content (AvgIpc) is 3.10. The second-order valence-electron chi connectivity index (χ2n) is 5.35. The Morgan fingerprint density at radius 2 is 2.00 bits per heavy atom. The van der Waals surface area contributed by atoms with Crippen LogP contribution < -0.4 is 10.6 Å². The maximum absolute atomic E-state index is 5.96. The summed E-state index contributed by atoms with van der Waals surface area (Å²) in [5.74, 6) is 1.19. The third-order valence-corrected chi connectivity index (χ3v) is 3.89. The molecule has 1 aliphatic heterocycles. The van der Waals surface area contributed by atoms with Gasteiger partial charge in [-0.15, -0.1) is 0 Å². The second-order valence-corrected chi connectivity index (χ2v) is 5.35. The number of aryl methyl sites for hydroxylation is 1. The molecule has 1 aliphatic carbocycles. The number of nitrogens with zero attached hydrogens (tertiary/aromatic N) is 3. The first kappa shape index (κ1) is 11.1. The van der Waals surface area contributed by atoms with Crippen LogP contribution in [-0.4, -0.2) is 28.7 Å². The molecule has 0 spiro atoms. The van der Waals surface area contributed by atoms with Crippen LogP contribution in [0.1, 0.15) is 44.3 Å². The van der Waals surface area contributed by atoms with E-state index < -0.39 is 0 Å². The summed E-state index contributed by atoms with van der Waals surface area (Å²) in [5, 5.41) is 0. The van der Waals surface area contributed by atoms with Gasteiger partial charge >= 0.3 is 0 Å². The minimum Gasteiger partial charge on any atom is -0.342 e. The molecule has 0 atom stereocenters. The van der Waals surface area contributed by atoms with Crippen molar-refractivity contribution in [2.45, 2.75) is 51.1 Å². The Kier molecular flexibility index (Phi) is 2.82. The highest BCUT2D eigenvalue weighted by molar-refractivity contribution is 5.36. The molecule has 17 heavy (non-hydrogen) atoms. The predicted octanol–water partition coefficient (Wildman–Crippen LogP) is 1.71. The zero-order chi connectivity index (χ0) is 11.8. The number of imidazole rings is 1. The van der Waals surface area contributed by atoms with Crippen molar-refractivity contribution in [3.63, 3.8) is 0 Å². The maximum Gasteiger partial charge on any atom is 0.205 e. The number of hydrogen-bond donors (Lipinski definition) is 1. The third-order valence-electron chi connectivity index (χ3n) is 3.89. The summed E-state index contributed by atoms with van der Waals surface area (Å²) in [6.45, 7) is 4.30. The number of piperidine rings is 1. The summed E-state index contributed by atoms with van der Waals surface area (Å²) in [7, 11) is 0. The van der Waals surface area contributed by atoms with Crippen LogP contribution in [0.3, 0.4) is 0 Å². The Hall–Kier alpha value is -1.03. The van der Waals surface area contributed by atoms with Crippen molar-refractivity contribution in [3.8, 4) is 0 Å². The number of aromatic nitrogens is 2. The smallest absolute Gasteiger partial charge is 0.205 e. The minimum atomic E-state index is 0.390. The van der Waals surface area contributed by atoms with Gasteiger partial charge in [-0.25, -0.2) is 4.98 Å². The molecule has 0 radical (unpaired) electrons. The number of anilines is 1. The van der Waals surface area contributed by atoms with Crippen molar-refractivity contribution in [2.75, 3.05) is 18.0 Å². The molecule has 2 N–H and O–H groups in total. The average molecular weight is 234 g/mol. The molecule has 2 fully saturated rings. The van der Waals surface area contributed by atoms with Crippen LogP contribution in [0.15, 0.2) is 6.20 Å². The van der Waals surface area contributed by atoms with E-state index in [0.29, 0.717) is 12.1 Å². The van der Waals surface area contributed by atoms with Crippen LogP contribution in [0.2, 0.25) is 0 Å². The fraction of sp³-hybridized carbons (Fsp3) is 0.769. The SMILES string of the molecule is CCc1cn(C2CC2)c(N2CCC(N)CC2)n1. The first-order valence-corrected chi connectivity index (χ1v) is 6.86. The lowest BCUT2D eigenvalue weighted by Crippen LogP contribution is -2.40. The van der Waals surface area contributed by atoms with Gasteiger partial charge in [-0.3, -0.25) is 0 Å².